The van der Waals surface area contributed by atoms with Crippen LogP contribution in [0.25, 0.3) is 0 Å². The zero-order chi connectivity index (χ0) is 21.9. The third-order valence-electron chi connectivity index (χ3n) is 6.45. The number of hydrogen-bond donors (Lipinski definition) is 2. The molecule has 1 saturated heterocycles. The van der Waals surface area contributed by atoms with E-state index in [2.05, 4.69) is 43.5 Å². The second-order valence-corrected chi connectivity index (χ2v) is 9.86. The molecule has 1 heterocycles. The molecule has 0 unspecified atom stereocenters. The van der Waals surface area contributed by atoms with Crippen molar-refractivity contribution in [2.45, 2.75) is 71.9 Å². The number of carbonyl (C=O) groups is 3. The summed E-state index contributed by atoms with van der Waals surface area (Å²) in [6, 6.07) is 7.16. The number of hydrogen-bond acceptors (Lipinski definition) is 3. The van der Waals surface area contributed by atoms with E-state index in [1.807, 2.05) is 17.0 Å². The van der Waals surface area contributed by atoms with Crippen LogP contribution in [0, 0.1) is 11.3 Å². The molecule has 1 fully saturated rings. The first-order valence-corrected chi connectivity index (χ1v) is 11.1. The summed E-state index contributed by atoms with van der Waals surface area (Å²) < 4.78 is 0. The van der Waals surface area contributed by atoms with Gasteiger partial charge in [0.1, 0.15) is 0 Å². The zero-order valence-electron chi connectivity index (χ0n) is 18.7. The van der Waals surface area contributed by atoms with Gasteiger partial charge in [0, 0.05) is 19.5 Å². The van der Waals surface area contributed by atoms with E-state index in [0.717, 1.165) is 32.2 Å². The minimum absolute atomic E-state index is 0.0264. The van der Waals surface area contributed by atoms with Gasteiger partial charge in [0.05, 0.1) is 12.1 Å². The molecule has 1 aliphatic heterocycles. The van der Waals surface area contributed by atoms with Crippen LogP contribution >= 0.6 is 0 Å². The van der Waals surface area contributed by atoms with E-state index in [-0.39, 0.29) is 35.1 Å². The number of fused-ring (bicyclic) bond motifs is 1. The van der Waals surface area contributed by atoms with Crippen LogP contribution < -0.4 is 10.6 Å². The van der Waals surface area contributed by atoms with Crippen molar-refractivity contribution in [3.05, 3.63) is 35.4 Å². The standard InChI is InChI=1S/C24H35N3O3/c1-16(28)22(19-13-17-9-5-6-10-18(17)14-19)26-23(30)25-20(24(2,3)4)15-27-12-8-7-11-21(27)29/h5-6,9-10,19-20,22H,7-8,11-15H2,1-4H3,(H2,25,26,30)/t20-,22-/m1/s1. The molecule has 3 amide bonds. The fourth-order valence-electron chi connectivity index (χ4n) is 4.53. The monoisotopic (exact) mass is 413 g/mol. The summed E-state index contributed by atoms with van der Waals surface area (Å²) in [6.07, 6.45) is 4.12. The van der Waals surface area contributed by atoms with E-state index in [0.29, 0.717) is 13.0 Å². The fraction of sp³-hybridized carbons (Fsp3) is 0.625. The Morgan fingerprint density at radius 1 is 1.10 bits per heavy atom. The predicted molar refractivity (Wildman–Crippen MR) is 117 cm³/mol. The van der Waals surface area contributed by atoms with Gasteiger partial charge in [-0.2, -0.15) is 0 Å². The summed E-state index contributed by atoms with van der Waals surface area (Å²) in [5.74, 6) is 0.201. The summed E-state index contributed by atoms with van der Waals surface area (Å²) in [6.45, 7) is 8.95. The molecule has 6 heteroatoms. The second-order valence-electron chi connectivity index (χ2n) is 9.86. The number of nitrogens with one attached hydrogen (secondary N) is 2. The van der Waals surface area contributed by atoms with Gasteiger partial charge >= 0.3 is 6.03 Å². The van der Waals surface area contributed by atoms with Crippen LogP contribution in [0.5, 0.6) is 0 Å². The minimum atomic E-state index is -0.519. The maximum Gasteiger partial charge on any atom is 0.315 e. The van der Waals surface area contributed by atoms with E-state index in [1.165, 1.54) is 11.1 Å². The van der Waals surface area contributed by atoms with Crippen LogP contribution in [0.2, 0.25) is 0 Å². The highest BCUT2D eigenvalue weighted by molar-refractivity contribution is 5.87. The van der Waals surface area contributed by atoms with E-state index >= 15 is 0 Å². The molecule has 0 bridgehead atoms. The molecule has 0 aromatic heterocycles. The lowest BCUT2D eigenvalue weighted by Crippen LogP contribution is -2.57. The van der Waals surface area contributed by atoms with Gasteiger partial charge < -0.3 is 15.5 Å². The average molecular weight is 414 g/mol. The van der Waals surface area contributed by atoms with E-state index in [4.69, 9.17) is 0 Å². The Balaban J connectivity index is 1.64. The van der Waals surface area contributed by atoms with Crippen LogP contribution in [0.3, 0.4) is 0 Å². The Labute approximate surface area is 179 Å². The molecular weight excluding hydrogens is 378 g/mol. The van der Waals surface area contributed by atoms with Gasteiger partial charge in [-0.3, -0.25) is 9.59 Å². The van der Waals surface area contributed by atoms with E-state index < -0.39 is 6.04 Å². The minimum Gasteiger partial charge on any atom is -0.341 e. The molecule has 2 aliphatic rings. The van der Waals surface area contributed by atoms with E-state index in [9.17, 15) is 14.4 Å². The number of urea groups is 1. The molecule has 30 heavy (non-hydrogen) atoms. The Bertz CT molecular complexity index is 774. The molecule has 1 aromatic carbocycles. The number of likely N-dealkylation sites (tertiary alicyclic amines) is 1. The number of nitrogens with zero attached hydrogens (tertiary/aromatic N) is 1. The highest BCUT2D eigenvalue weighted by Gasteiger charge is 2.35. The third-order valence-corrected chi connectivity index (χ3v) is 6.45. The normalized spacial score (nSPS) is 19.2. The maximum absolute atomic E-state index is 12.9. The summed E-state index contributed by atoms with van der Waals surface area (Å²) >= 11 is 0. The number of benzene rings is 1. The molecule has 0 saturated carbocycles. The maximum atomic E-state index is 12.9. The summed E-state index contributed by atoms with van der Waals surface area (Å²) in [7, 11) is 0. The van der Waals surface area contributed by atoms with Crippen LogP contribution in [-0.4, -0.2) is 47.8 Å². The molecule has 0 spiro atoms. The number of amides is 3. The lowest BCUT2D eigenvalue weighted by molar-refractivity contribution is -0.134. The molecule has 1 aromatic rings. The van der Waals surface area contributed by atoms with Crippen molar-refractivity contribution in [1.29, 1.82) is 0 Å². The first-order valence-electron chi connectivity index (χ1n) is 11.1. The SMILES string of the molecule is CC(=O)[C@@H](NC(=O)N[C@H](CN1CCCCC1=O)C(C)(C)C)C1Cc2ccccc2C1. The van der Waals surface area contributed by atoms with Crippen molar-refractivity contribution in [2.75, 3.05) is 13.1 Å². The summed E-state index contributed by atoms with van der Waals surface area (Å²) in [4.78, 5) is 39.4. The summed E-state index contributed by atoms with van der Waals surface area (Å²) in [5, 5.41) is 6.00. The van der Waals surface area contributed by atoms with Crippen LogP contribution in [0.1, 0.15) is 58.1 Å². The number of carbonyl (C=O) groups excluding carboxylic acids is 3. The number of piperidine rings is 1. The van der Waals surface area contributed by atoms with Gasteiger partial charge in [0.2, 0.25) is 5.91 Å². The Morgan fingerprint density at radius 3 is 2.27 bits per heavy atom. The van der Waals surface area contributed by atoms with Crippen molar-refractivity contribution < 1.29 is 14.4 Å². The zero-order valence-corrected chi connectivity index (χ0v) is 18.7. The average Bonchev–Trinajstić information content (AvgIpc) is 3.10. The van der Waals surface area contributed by atoms with Gasteiger partial charge in [0.25, 0.3) is 0 Å². The molecule has 3 rings (SSSR count). The van der Waals surface area contributed by atoms with Crippen LogP contribution in [0.4, 0.5) is 4.79 Å². The van der Waals surface area contributed by atoms with Crippen molar-refractivity contribution in [2.24, 2.45) is 11.3 Å². The van der Waals surface area contributed by atoms with Gasteiger partial charge in [-0.15, -0.1) is 0 Å². The predicted octanol–water partition coefficient (Wildman–Crippen LogP) is 3.09. The largest absolute Gasteiger partial charge is 0.341 e. The highest BCUT2D eigenvalue weighted by Crippen LogP contribution is 2.29. The quantitative estimate of drug-likeness (QED) is 0.752. The number of Topliss-reactive ketones (excluding diaryl/α,β-unsaturated/α-hetero) is 1. The lowest BCUT2D eigenvalue weighted by atomic mass is 9.86. The van der Waals surface area contributed by atoms with Crippen LogP contribution in [0.15, 0.2) is 24.3 Å². The molecule has 6 nitrogen and oxygen atoms in total. The lowest BCUT2D eigenvalue weighted by Gasteiger charge is -2.37. The molecule has 2 N–H and O–H groups in total. The fourth-order valence-corrected chi connectivity index (χ4v) is 4.53. The summed E-state index contributed by atoms with van der Waals surface area (Å²) in [5.41, 5.74) is 2.30. The van der Waals surface area contributed by atoms with Crippen molar-refractivity contribution >= 4 is 17.7 Å². The smallest absolute Gasteiger partial charge is 0.315 e. The Hall–Kier alpha value is -2.37. The Morgan fingerprint density at radius 2 is 1.73 bits per heavy atom. The third kappa shape index (κ3) is 5.41. The molecule has 2 atom stereocenters. The first-order chi connectivity index (χ1) is 14.1. The van der Waals surface area contributed by atoms with Crippen molar-refractivity contribution in [1.82, 2.24) is 15.5 Å². The molecule has 0 radical (unpaired) electrons. The topological polar surface area (TPSA) is 78.5 Å². The van der Waals surface area contributed by atoms with Gasteiger partial charge in [-0.05, 0) is 55.1 Å². The van der Waals surface area contributed by atoms with Gasteiger partial charge in [-0.1, -0.05) is 45.0 Å². The molecular formula is C24H35N3O3. The van der Waals surface area contributed by atoms with Gasteiger partial charge in [-0.25, -0.2) is 4.79 Å². The first kappa shape index (κ1) is 22.3. The van der Waals surface area contributed by atoms with Crippen LogP contribution in [-0.2, 0) is 22.4 Å². The molecule has 164 valence electrons. The number of rotatable bonds is 6. The highest BCUT2D eigenvalue weighted by atomic mass is 16.2. The Kier molecular flexibility index (Phi) is 6.84. The second kappa shape index (κ2) is 9.19. The van der Waals surface area contributed by atoms with Crippen molar-refractivity contribution in [3.63, 3.8) is 0 Å². The molecule has 1 aliphatic carbocycles. The van der Waals surface area contributed by atoms with Gasteiger partial charge in [0.15, 0.2) is 5.78 Å². The van der Waals surface area contributed by atoms with Crippen molar-refractivity contribution in [3.8, 4) is 0 Å². The number of ketones is 1. The van der Waals surface area contributed by atoms with E-state index in [1.54, 1.807) is 6.92 Å².